The first-order chi connectivity index (χ1) is 14.0. The van der Waals surface area contributed by atoms with Crippen LogP contribution in [0, 0.1) is 11.6 Å². The van der Waals surface area contributed by atoms with Crippen molar-refractivity contribution in [1.82, 2.24) is 4.98 Å². The lowest BCUT2D eigenvalue weighted by atomic mass is 10.1. The molecule has 4 rings (SSSR count). The molecule has 6 nitrogen and oxygen atoms in total. The third-order valence-electron chi connectivity index (χ3n) is 4.42. The van der Waals surface area contributed by atoms with Crippen molar-refractivity contribution in [2.75, 3.05) is 18.7 Å². The first-order valence-electron chi connectivity index (χ1n) is 8.75. The average molecular weight is 465 g/mol. The Labute approximate surface area is 172 Å². The van der Waals surface area contributed by atoms with Gasteiger partial charge < -0.3 is 19.5 Å². The Bertz CT molecular complexity index is 1100. The van der Waals surface area contributed by atoms with Crippen LogP contribution in [-0.2, 0) is 11.3 Å². The second-order valence-corrected chi connectivity index (χ2v) is 7.08. The number of rotatable bonds is 5. The predicted octanol–water partition coefficient (Wildman–Crippen LogP) is 4.79. The second kappa shape index (κ2) is 7.82. The molecule has 0 amide bonds. The number of fused-ring (bicyclic) bond motifs is 3. The monoisotopic (exact) mass is 464 g/mol. The molecular weight excluding hydrogens is 450 g/mol. The van der Waals surface area contributed by atoms with E-state index in [0.29, 0.717) is 32.6 Å². The number of esters is 1. The number of nitrogens with one attached hydrogen (secondary N) is 1. The molecule has 0 saturated carbocycles. The van der Waals surface area contributed by atoms with E-state index < -0.39 is 17.6 Å². The van der Waals surface area contributed by atoms with Crippen molar-refractivity contribution < 1.29 is 27.8 Å². The number of carbonyl (C=O) groups is 1. The number of hydrogen-bond donors (Lipinski definition) is 1. The highest BCUT2D eigenvalue weighted by atomic mass is 79.9. The largest absolute Gasteiger partial charge is 0.462 e. The van der Waals surface area contributed by atoms with E-state index in [-0.39, 0.29) is 31.1 Å². The molecule has 1 N–H and O–H groups in total. The smallest absolute Gasteiger partial charge is 0.341 e. The van der Waals surface area contributed by atoms with Crippen LogP contribution in [0.3, 0.4) is 0 Å². The summed E-state index contributed by atoms with van der Waals surface area (Å²) in [7, 11) is 0. The molecule has 0 radical (unpaired) electrons. The molecule has 1 aromatic heterocycles. The fraction of sp³-hybridized carbons (Fsp3) is 0.200. The van der Waals surface area contributed by atoms with E-state index in [1.807, 2.05) is 0 Å². The Morgan fingerprint density at radius 2 is 2.03 bits per heavy atom. The molecule has 2 aromatic carbocycles. The first-order valence-corrected chi connectivity index (χ1v) is 9.54. The minimum atomic E-state index is -0.710. The molecule has 9 heteroatoms. The number of carbonyl (C=O) groups excluding carboxylic acids is 1. The summed E-state index contributed by atoms with van der Waals surface area (Å²) in [5.74, 6) is -1.04. The van der Waals surface area contributed by atoms with Gasteiger partial charge in [0.15, 0.2) is 11.5 Å². The van der Waals surface area contributed by atoms with Crippen LogP contribution in [0.4, 0.5) is 14.5 Å². The molecule has 2 heterocycles. The van der Waals surface area contributed by atoms with E-state index in [2.05, 4.69) is 26.2 Å². The molecule has 1 aliphatic heterocycles. The molecule has 0 atom stereocenters. The summed E-state index contributed by atoms with van der Waals surface area (Å²) < 4.78 is 44.7. The third kappa shape index (κ3) is 3.57. The van der Waals surface area contributed by atoms with Crippen molar-refractivity contribution in [3.05, 3.63) is 57.7 Å². The van der Waals surface area contributed by atoms with Crippen molar-refractivity contribution >= 4 is 38.5 Å². The minimum absolute atomic E-state index is 0.0633. The zero-order valence-corrected chi connectivity index (χ0v) is 16.8. The number of benzene rings is 2. The molecule has 0 fully saturated rings. The maximum absolute atomic E-state index is 14.2. The van der Waals surface area contributed by atoms with E-state index in [0.717, 1.165) is 0 Å². The summed E-state index contributed by atoms with van der Waals surface area (Å²) in [5, 5.41) is 3.51. The van der Waals surface area contributed by atoms with Crippen molar-refractivity contribution in [3.63, 3.8) is 0 Å². The summed E-state index contributed by atoms with van der Waals surface area (Å²) in [5.41, 5.74) is 0.797. The van der Waals surface area contributed by atoms with Gasteiger partial charge in [0.1, 0.15) is 22.7 Å². The average Bonchev–Trinajstić information content (AvgIpc) is 3.16. The number of anilines is 1. The number of ether oxygens (including phenoxy) is 3. The lowest BCUT2D eigenvalue weighted by Crippen LogP contribution is -2.12. The van der Waals surface area contributed by atoms with Gasteiger partial charge in [-0.2, -0.15) is 0 Å². The van der Waals surface area contributed by atoms with Gasteiger partial charge in [-0.3, -0.25) is 4.98 Å². The van der Waals surface area contributed by atoms with Gasteiger partial charge >= 0.3 is 5.97 Å². The third-order valence-corrected chi connectivity index (χ3v) is 4.88. The molecule has 0 spiro atoms. The summed E-state index contributed by atoms with van der Waals surface area (Å²) in [6.07, 6.45) is 1.35. The van der Waals surface area contributed by atoms with E-state index in [9.17, 15) is 13.6 Å². The zero-order valence-electron chi connectivity index (χ0n) is 15.2. The zero-order chi connectivity index (χ0) is 20.5. The Balaban J connectivity index is 1.80. The Morgan fingerprint density at radius 3 is 2.76 bits per heavy atom. The Kier molecular flexibility index (Phi) is 5.23. The Morgan fingerprint density at radius 1 is 1.28 bits per heavy atom. The highest BCUT2D eigenvalue weighted by molar-refractivity contribution is 9.10. The highest BCUT2D eigenvalue weighted by Gasteiger charge is 2.23. The van der Waals surface area contributed by atoms with Crippen molar-refractivity contribution in [1.29, 1.82) is 0 Å². The van der Waals surface area contributed by atoms with Crippen LogP contribution in [0.15, 0.2) is 34.9 Å². The van der Waals surface area contributed by atoms with Gasteiger partial charge in [0, 0.05) is 28.2 Å². The maximum atomic E-state index is 14.2. The molecular formula is C20H15BrF2N2O4. The first kappa shape index (κ1) is 19.4. The topological polar surface area (TPSA) is 69.7 Å². The van der Waals surface area contributed by atoms with Gasteiger partial charge in [0.2, 0.25) is 6.79 Å². The number of aromatic nitrogens is 1. The molecule has 0 unspecified atom stereocenters. The van der Waals surface area contributed by atoms with E-state index in [4.69, 9.17) is 14.2 Å². The molecule has 0 saturated heterocycles. The summed E-state index contributed by atoms with van der Waals surface area (Å²) in [4.78, 5) is 16.7. The standard InChI is InChI=1S/C20H15BrF2N2O4/c1-2-27-20(26)13-8-25-18-11(3-4-16-19(18)29-9-28-16)17(13)24-7-12-14(22)5-10(21)6-15(12)23/h3-6,8H,2,7,9H2,1H3,(H,24,25). The summed E-state index contributed by atoms with van der Waals surface area (Å²) in [6.45, 7) is 1.73. The quantitative estimate of drug-likeness (QED) is 0.547. The van der Waals surface area contributed by atoms with Crippen LogP contribution in [-0.4, -0.2) is 24.4 Å². The maximum Gasteiger partial charge on any atom is 0.341 e. The van der Waals surface area contributed by atoms with Gasteiger partial charge in [-0.1, -0.05) is 15.9 Å². The van der Waals surface area contributed by atoms with Crippen LogP contribution < -0.4 is 14.8 Å². The van der Waals surface area contributed by atoms with Crippen molar-refractivity contribution in [3.8, 4) is 11.5 Å². The molecule has 150 valence electrons. The van der Waals surface area contributed by atoms with Crippen LogP contribution in [0.1, 0.15) is 22.8 Å². The van der Waals surface area contributed by atoms with Gasteiger partial charge in [0.25, 0.3) is 0 Å². The normalized spacial score (nSPS) is 12.3. The van der Waals surface area contributed by atoms with Crippen LogP contribution >= 0.6 is 15.9 Å². The molecule has 0 bridgehead atoms. The van der Waals surface area contributed by atoms with Gasteiger partial charge in [0.05, 0.1) is 12.3 Å². The lowest BCUT2D eigenvalue weighted by molar-refractivity contribution is 0.0527. The number of pyridine rings is 1. The van der Waals surface area contributed by atoms with Crippen molar-refractivity contribution in [2.45, 2.75) is 13.5 Å². The Hall–Kier alpha value is -2.94. The van der Waals surface area contributed by atoms with Gasteiger partial charge in [-0.05, 0) is 31.2 Å². The molecule has 29 heavy (non-hydrogen) atoms. The lowest BCUT2D eigenvalue weighted by Gasteiger charge is -2.15. The van der Waals surface area contributed by atoms with Gasteiger partial charge in [-0.25, -0.2) is 13.6 Å². The fourth-order valence-electron chi connectivity index (χ4n) is 3.10. The molecule has 0 aliphatic carbocycles. The molecule has 3 aromatic rings. The van der Waals surface area contributed by atoms with Crippen LogP contribution in [0.25, 0.3) is 10.9 Å². The summed E-state index contributed by atoms with van der Waals surface area (Å²) in [6, 6.07) is 5.74. The van der Waals surface area contributed by atoms with Crippen molar-refractivity contribution in [2.24, 2.45) is 0 Å². The predicted molar refractivity (Wildman–Crippen MR) is 105 cm³/mol. The summed E-state index contributed by atoms with van der Waals surface area (Å²) >= 11 is 3.06. The molecule has 1 aliphatic rings. The van der Waals surface area contributed by atoms with Gasteiger partial charge in [-0.15, -0.1) is 0 Å². The van der Waals surface area contributed by atoms with E-state index >= 15 is 0 Å². The highest BCUT2D eigenvalue weighted by Crippen LogP contribution is 2.41. The minimum Gasteiger partial charge on any atom is -0.462 e. The SMILES string of the molecule is CCOC(=O)c1cnc2c3c(ccc2c1NCc1c(F)cc(Br)cc1F)OCO3. The fourth-order valence-corrected chi connectivity index (χ4v) is 3.50. The van der Waals surface area contributed by atoms with E-state index in [1.165, 1.54) is 18.3 Å². The number of hydrogen-bond acceptors (Lipinski definition) is 6. The second-order valence-electron chi connectivity index (χ2n) is 6.16. The van der Waals surface area contributed by atoms with E-state index in [1.54, 1.807) is 19.1 Å². The number of nitrogens with zero attached hydrogens (tertiary/aromatic N) is 1. The van der Waals surface area contributed by atoms with Crippen LogP contribution in [0.2, 0.25) is 0 Å². The van der Waals surface area contributed by atoms with Crippen LogP contribution in [0.5, 0.6) is 11.5 Å². The number of halogens is 3.